The van der Waals surface area contributed by atoms with E-state index in [2.05, 4.69) is 5.32 Å². The molecule has 0 bridgehead atoms. The van der Waals surface area contributed by atoms with Gasteiger partial charge in [-0.25, -0.2) is 12.8 Å². The third-order valence-corrected chi connectivity index (χ3v) is 6.49. The zero-order valence-electron chi connectivity index (χ0n) is 17.7. The van der Waals surface area contributed by atoms with Crippen LogP contribution in [0, 0.1) is 5.82 Å². The van der Waals surface area contributed by atoms with Gasteiger partial charge in [-0.15, -0.1) is 0 Å². The summed E-state index contributed by atoms with van der Waals surface area (Å²) in [4.78, 5) is 12.6. The van der Waals surface area contributed by atoms with Gasteiger partial charge in [-0.3, -0.25) is 9.10 Å². The Morgan fingerprint density at radius 2 is 1.62 bits per heavy atom. The molecule has 6 nitrogen and oxygen atoms in total. The van der Waals surface area contributed by atoms with Gasteiger partial charge in [-0.1, -0.05) is 30.3 Å². The number of sulfonamides is 1. The lowest BCUT2D eigenvalue weighted by atomic mass is 10.1. The van der Waals surface area contributed by atoms with Gasteiger partial charge in [0.2, 0.25) is 5.91 Å². The Balaban J connectivity index is 1.78. The SMILES string of the molecule is CCOc1ccc(S(=O)(=O)N(CC(=O)NCCc2ccccc2)c2ccc(F)cc2)cc1. The summed E-state index contributed by atoms with van der Waals surface area (Å²) in [5.74, 6) is -0.419. The smallest absolute Gasteiger partial charge is 0.264 e. The lowest BCUT2D eigenvalue weighted by Crippen LogP contribution is -2.41. The van der Waals surface area contributed by atoms with Crippen molar-refractivity contribution < 1.29 is 22.3 Å². The predicted octanol–water partition coefficient (Wildman–Crippen LogP) is 3.78. The van der Waals surface area contributed by atoms with Crippen LogP contribution < -0.4 is 14.4 Å². The van der Waals surface area contributed by atoms with E-state index in [0.29, 0.717) is 25.3 Å². The first-order chi connectivity index (χ1) is 15.4. The van der Waals surface area contributed by atoms with Crippen LogP contribution in [0.25, 0.3) is 0 Å². The van der Waals surface area contributed by atoms with E-state index < -0.39 is 28.3 Å². The van der Waals surface area contributed by atoms with Gasteiger partial charge < -0.3 is 10.1 Å². The number of anilines is 1. The molecule has 8 heteroatoms. The van der Waals surface area contributed by atoms with Crippen LogP contribution in [-0.4, -0.2) is 34.0 Å². The van der Waals surface area contributed by atoms with Crippen molar-refractivity contribution in [2.24, 2.45) is 0 Å². The fourth-order valence-corrected chi connectivity index (χ4v) is 4.52. The van der Waals surface area contributed by atoms with Crippen molar-refractivity contribution in [2.75, 3.05) is 24.0 Å². The molecule has 0 radical (unpaired) electrons. The highest BCUT2D eigenvalue weighted by Crippen LogP contribution is 2.25. The Morgan fingerprint density at radius 1 is 0.969 bits per heavy atom. The number of carbonyl (C=O) groups excluding carboxylic acids is 1. The molecular formula is C24H25FN2O4S. The molecule has 0 aliphatic rings. The minimum atomic E-state index is -4.08. The van der Waals surface area contributed by atoms with Crippen molar-refractivity contribution in [3.05, 3.63) is 90.2 Å². The van der Waals surface area contributed by atoms with Crippen molar-refractivity contribution in [2.45, 2.75) is 18.2 Å². The highest BCUT2D eigenvalue weighted by atomic mass is 32.2. The fourth-order valence-electron chi connectivity index (χ4n) is 3.10. The molecule has 0 heterocycles. The molecule has 168 valence electrons. The number of carbonyl (C=O) groups is 1. The van der Waals surface area contributed by atoms with Gasteiger partial charge in [0.05, 0.1) is 17.2 Å². The molecule has 1 N–H and O–H groups in total. The average Bonchev–Trinajstić information content (AvgIpc) is 2.79. The first-order valence-electron chi connectivity index (χ1n) is 10.2. The summed E-state index contributed by atoms with van der Waals surface area (Å²) in [5, 5.41) is 2.75. The molecule has 0 spiro atoms. The lowest BCUT2D eigenvalue weighted by molar-refractivity contribution is -0.119. The fraction of sp³-hybridized carbons (Fsp3) is 0.208. The minimum absolute atomic E-state index is 0.00219. The van der Waals surface area contributed by atoms with Crippen molar-refractivity contribution in [3.63, 3.8) is 0 Å². The summed E-state index contributed by atoms with van der Waals surface area (Å²) < 4.78 is 46.4. The topological polar surface area (TPSA) is 75.7 Å². The van der Waals surface area contributed by atoms with Crippen LogP contribution in [-0.2, 0) is 21.2 Å². The third kappa shape index (κ3) is 6.07. The first-order valence-corrected chi connectivity index (χ1v) is 11.7. The Bertz CT molecular complexity index is 1120. The summed E-state index contributed by atoms with van der Waals surface area (Å²) in [6, 6.07) is 20.6. The van der Waals surface area contributed by atoms with Gasteiger partial charge in [-0.05, 0) is 67.4 Å². The van der Waals surface area contributed by atoms with E-state index >= 15 is 0 Å². The molecule has 0 unspecified atom stereocenters. The van der Waals surface area contributed by atoms with Crippen LogP contribution in [0.2, 0.25) is 0 Å². The number of halogens is 1. The monoisotopic (exact) mass is 456 g/mol. The van der Waals surface area contributed by atoms with E-state index in [1.54, 1.807) is 12.1 Å². The number of amides is 1. The largest absolute Gasteiger partial charge is 0.494 e. The second-order valence-electron chi connectivity index (χ2n) is 6.98. The Morgan fingerprint density at radius 3 is 2.25 bits per heavy atom. The number of nitrogens with zero attached hydrogens (tertiary/aromatic N) is 1. The molecule has 0 saturated heterocycles. The van der Waals surface area contributed by atoms with E-state index in [1.807, 2.05) is 37.3 Å². The van der Waals surface area contributed by atoms with Crippen molar-refractivity contribution >= 4 is 21.6 Å². The number of hydrogen-bond acceptors (Lipinski definition) is 4. The normalized spacial score (nSPS) is 11.1. The zero-order valence-corrected chi connectivity index (χ0v) is 18.5. The minimum Gasteiger partial charge on any atom is -0.494 e. The molecular weight excluding hydrogens is 431 g/mol. The Labute approximate surface area is 187 Å². The molecule has 0 aromatic heterocycles. The molecule has 32 heavy (non-hydrogen) atoms. The van der Waals surface area contributed by atoms with Gasteiger partial charge in [-0.2, -0.15) is 0 Å². The van der Waals surface area contributed by atoms with Crippen LogP contribution in [0.1, 0.15) is 12.5 Å². The summed E-state index contributed by atoms with van der Waals surface area (Å²) in [6.45, 7) is 2.22. The number of ether oxygens (including phenoxy) is 1. The van der Waals surface area contributed by atoms with Crippen LogP contribution in [0.4, 0.5) is 10.1 Å². The molecule has 0 aliphatic heterocycles. The molecule has 0 saturated carbocycles. The Hall–Kier alpha value is -3.39. The van der Waals surface area contributed by atoms with Crippen molar-refractivity contribution in [1.82, 2.24) is 5.32 Å². The maximum Gasteiger partial charge on any atom is 0.264 e. The first kappa shape index (κ1) is 23.3. The second kappa shape index (κ2) is 10.8. The summed E-state index contributed by atoms with van der Waals surface area (Å²) in [7, 11) is -4.08. The van der Waals surface area contributed by atoms with Crippen molar-refractivity contribution in [1.29, 1.82) is 0 Å². The van der Waals surface area contributed by atoms with E-state index in [0.717, 1.165) is 22.0 Å². The van der Waals surface area contributed by atoms with Gasteiger partial charge in [0, 0.05) is 6.54 Å². The van der Waals surface area contributed by atoms with Crippen LogP contribution in [0.3, 0.4) is 0 Å². The number of rotatable bonds is 10. The highest BCUT2D eigenvalue weighted by Gasteiger charge is 2.27. The van der Waals surface area contributed by atoms with Gasteiger partial charge >= 0.3 is 0 Å². The van der Waals surface area contributed by atoms with Crippen LogP contribution >= 0.6 is 0 Å². The number of benzene rings is 3. The lowest BCUT2D eigenvalue weighted by Gasteiger charge is -2.24. The summed E-state index contributed by atoms with van der Waals surface area (Å²) >= 11 is 0. The van der Waals surface area contributed by atoms with Crippen LogP contribution in [0.5, 0.6) is 5.75 Å². The van der Waals surface area contributed by atoms with Crippen molar-refractivity contribution in [3.8, 4) is 5.75 Å². The van der Waals surface area contributed by atoms with Gasteiger partial charge in [0.1, 0.15) is 18.1 Å². The maximum absolute atomic E-state index is 13.4. The average molecular weight is 457 g/mol. The van der Waals surface area contributed by atoms with E-state index in [1.165, 1.54) is 24.3 Å². The van der Waals surface area contributed by atoms with Gasteiger partial charge in [0.25, 0.3) is 10.0 Å². The molecule has 3 rings (SSSR count). The molecule has 3 aromatic rings. The molecule has 0 atom stereocenters. The standard InChI is InChI=1S/C24H25FN2O4S/c1-2-31-22-12-14-23(15-13-22)32(29,30)27(21-10-8-20(25)9-11-21)18-24(28)26-17-16-19-6-4-3-5-7-19/h3-15H,2,16-18H2,1H3,(H,26,28). The van der Waals surface area contributed by atoms with Gasteiger partial charge in [0.15, 0.2) is 0 Å². The summed E-state index contributed by atoms with van der Waals surface area (Å²) in [5.41, 5.74) is 1.25. The predicted molar refractivity (Wildman–Crippen MR) is 122 cm³/mol. The van der Waals surface area contributed by atoms with E-state index in [-0.39, 0.29) is 10.6 Å². The zero-order chi connectivity index (χ0) is 23.0. The summed E-state index contributed by atoms with van der Waals surface area (Å²) in [6.07, 6.45) is 0.620. The molecule has 1 amide bonds. The quantitative estimate of drug-likeness (QED) is 0.504. The van der Waals surface area contributed by atoms with E-state index in [4.69, 9.17) is 4.74 Å². The van der Waals surface area contributed by atoms with Crippen LogP contribution in [0.15, 0.2) is 83.8 Å². The third-order valence-electron chi connectivity index (χ3n) is 4.70. The molecule has 0 aliphatic carbocycles. The molecule has 3 aromatic carbocycles. The number of hydrogen-bond donors (Lipinski definition) is 1. The highest BCUT2D eigenvalue weighted by molar-refractivity contribution is 7.92. The second-order valence-corrected chi connectivity index (χ2v) is 8.84. The molecule has 0 fully saturated rings. The maximum atomic E-state index is 13.4. The Kier molecular flexibility index (Phi) is 7.83. The number of nitrogens with one attached hydrogen (secondary N) is 1. The van der Waals surface area contributed by atoms with E-state index in [9.17, 15) is 17.6 Å².